The van der Waals surface area contributed by atoms with Gasteiger partial charge in [-0.25, -0.2) is 0 Å². The standard InChI is InChI=1S/C10H20BrN/c1-9(7-8-11)12-10-5-3-2-4-6-10/h9-10,12H,2-8H2,1H3. The maximum Gasteiger partial charge on any atom is 0.00695 e. The van der Waals surface area contributed by atoms with Crippen molar-refractivity contribution < 1.29 is 0 Å². The topological polar surface area (TPSA) is 12.0 Å². The second kappa shape index (κ2) is 5.98. The van der Waals surface area contributed by atoms with Gasteiger partial charge in [-0.2, -0.15) is 0 Å². The summed E-state index contributed by atoms with van der Waals surface area (Å²) in [6.45, 7) is 2.29. The minimum Gasteiger partial charge on any atom is -0.311 e. The Balaban J connectivity index is 2.11. The Morgan fingerprint density at radius 3 is 2.58 bits per heavy atom. The lowest BCUT2D eigenvalue weighted by Crippen LogP contribution is -2.37. The highest BCUT2D eigenvalue weighted by Crippen LogP contribution is 2.18. The molecule has 0 amide bonds. The van der Waals surface area contributed by atoms with Gasteiger partial charge in [0.05, 0.1) is 0 Å². The summed E-state index contributed by atoms with van der Waals surface area (Å²) in [5.41, 5.74) is 0. The lowest BCUT2D eigenvalue weighted by Gasteiger charge is -2.26. The van der Waals surface area contributed by atoms with Crippen molar-refractivity contribution in [2.75, 3.05) is 5.33 Å². The molecular formula is C10H20BrN. The van der Waals surface area contributed by atoms with E-state index < -0.39 is 0 Å². The van der Waals surface area contributed by atoms with Crippen molar-refractivity contribution >= 4 is 15.9 Å². The first kappa shape index (κ1) is 10.5. The molecule has 0 aromatic carbocycles. The van der Waals surface area contributed by atoms with E-state index in [2.05, 4.69) is 28.2 Å². The quantitative estimate of drug-likeness (QED) is 0.737. The van der Waals surface area contributed by atoms with Crippen molar-refractivity contribution in [2.24, 2.45) is 0 Å². The second-order valence-corrected chi connectivity index (χ2v) is 4.67. The van der Waals surface area contributed by atoms with Crippen LogP contribution in [0.4, 0.5) is 0 Å². The normalized spacial score (nSPS) is 22.5. The van der Waals surface area contributed by atoms with Gasteiger partial charge in [0.2, 0.25) is 0 Å². The van der Waals surface area contributed by atoms with Crippen LogP contribution in [-0.4, -0.2) is 17.4 Å². The SMILES string of the molecule is CC(CCBr)NC1CCCCC1. The van der Waals surface area contributed by atoms with Crippen LogP contribution >= 0.6 is 15.9 Å². The van der Waals surface area contributed by atoms with Crippen LogP contribution < -0.4 is 5.32 Å². The van der Waals surface area contributed by atoms with Crippen LogP contribution in [-0.2, 0) is 0 Å². The van der Waals surface area contributed by atoms with E-state index in [9.17, 15) is 0 Å². The van der Waals surface area contributed by atoms with Gasteiger partial charge in [0, 0.05) is 17.4 Å². The van der Waals surface area contributed by atoms with E-state index in [1.807, 2.05) is 0 Å². The van der Waals surface area contributed by atoms with Crippen molar-refractivity contribution in [1.82, 2.24) is 5.32 Å². The average Bonchev–Trinajstić information content (AvgIpc) is 2.06. The Morgan fingerprint density at radius 1 is 1.33 bits per heavy atom. The molecule has 2 heteroatoms. The summed E-state index contributed by atoms with van der Waals surface area (Å²) in [5, 5.41) is 4.81. The fourth-order valence-electron chi connectivity index (χ4n) is 1.92. The molecule has 0 heterocycles. The van der Waals surface area contributed by atoms with Gasteiger partial charge in [-0.05, 0) is 26.2 Å². The zero-order valence-electron chi connectivity index (χ0n) is 7.98. The fourth-order valence-corrected chi connectivity index (χ4v) is 2.61. The molecule has 0 spiro atoms. The van der Waals surface area contributed by atoms with E-state index in [0.29, 0.717) is 6.04 Å². The molecule has 0 aromatic rings. The number of rotatable bonds is 4. The zero-order valence-corrected chi connectivity index (χ0v) is 9.57. The summed E-state index contributed by atoms with van der Waals surface area (Å²) in [6.07, 6.45) is 8.35. The Hall–Kier alpha value is 0.440. The van der Waals surface area contributed by atoms with Gasteiger partial charge < -0.3 is 5.32 Å². The van der Waals surface area contributed by atoms with Gasteiger partial charge >= 0.3 is 0 Å². The molecule has 1 N–H and O–H groups in total. The molecule has 72 valence electrons. The molecule has 1 aliphatic carbocycles. The number of hydrogen-bond donors (Lipinski definition) is 1. The zero-order chi connectivity index (χ0) is 8.81. The van der Waals surface area contributed by atoms with Gasteiger partial charge in [0.15, 0.2) is 0 Å². The van der Waals surface area contributed by atoms with Gasteiger partial charge in [-0.15, -0.1) is 0 Å². The highest BCUT2D eigenvalue weighted by Gasteiger charge is 2.14. The predicted molar refractivity (Wildman–Crippen MR) is 57.9 cm³/mol. The minimum atomic E-state index is 0.687. The summed E-state index contributed by atoms with van der Waals surface area (Å²) in [7, 11) is 0. The average molecular weight is 234 g/mol. The number of hydrogen-bond acceptors (Lipinski definition) is 1. The third kappa shape index (κ3) is 3.90. The first-order valence-electron chi connectivity index (χ1n) is 5.15. The molecular weight excluding hydrogens is 214 g/mol. The molecule has 1 atom stereocenters. The van der Waals surface area contributed by atoms with Crippen LogP contribution in [0.3, 0.4) is 0 Å². The van der Waals surface area contributed by atoms with E-state index in [1.54, 1.807) is 0 Å². The van der Waals surface area contributed by atoms with E-state index in [4.69, 9.17) is 0 Å². The molecule has 0 aromatic heterocycles. The van der Waals surface area contributed by atoms with Crippen LogP contribution in [0.25, 0.3) is 0 Å². The lowest BCUT2D eigenvalue weighted by atomic mass is 9.95. The third-order valence-corrected chi connectivity index (χ3v) is 3.13. The summed E-state index contributed by atoms with van der Waals surface area (Å²) in [5.74, 6) is 0. The van der Waals surface area contributed by atoms with Crippen LogP contribution in [0.1, 0.15) is 45.4 Å². The van der Waals surface area contributed by atoms with Gasteiger partial charge in [0.1, 0.15) is 0 Å². The smallest absolute Gasteiger partial charge is 0.00695 e. The largest absolute Gasteiger partial charge is 0.311 e. The lowest BCUT2D eigenvalue weighted by molar-refractivity contribution is 0.341. The highest BCUT2D eigenvalue weighted by molar-refractivity contribution is 9.09. The summed E-state index contributed by atoms with van der Waals surface area (Å²) < 4.78 is 0. The molecule has 1 fully saturated rings. The first-order valence-corrected chi connectivity index (χ1v) is 6.27. The van der Waals surface area contributed by atoms with Gasteiger partial charge in [0.25, 0.3) is 0 Å². The monoisotopic (exact) mass is 233 g/mol. The van der Waals surface area contributed by atoms with Crippen molar-refractivity contribution in [2.45, 2.75) is 57.5 Å². The number of alkyl halides is 1. The molecule has 1 rings (SSSR count). The maximum absolute atomic E-state index is 3.69. The molecule has 0 bridgehead atoms. The second-order valence-electron chi connectivity index (χ2n) is 3.88. The van der Waals surface area contributed by atoms with Gasteiger partial charge in [-0.1, -0.05) is 35.2 Å². The Labute approximate surface area is 84.4 Å². The van der Waals surface area contributed by atoms with Crippen LogP contribution in [0.15, 0.2) is 0 Å². The molecule has 0 radical (unpaired) electrons. The Kier molecular flexibility index (Phi) is 5.24. The van der Waals surface area contributed by atoms with Gasteiger partial charge in [-0.3, -0.25) is 0 Å². The number of nitrogens with one attached hydrogen (secondary N) is 1. The predicted octanol–water partition coefficient (Wildman–Crippen LogP) is 3.08. The maximum atomic E-state index is 3.69. The molecule has 0 saturated heterocycles. The van der Waals surface area contributed by atoms with Crippen LogP contribution in [0.2, 0.25) is 0 Å². The van der Waals surface area contributed by atoms with E-state index in [0.717, 1.165) is 11.4 Å². The van der Waals surface area contributed by atoms with Crippen molar-refractivity contribution in [3.8, 4) is 0 Å². The van der Waals surface area contributed by atoms with Crippen LogP contribution in [0, 0.1) is 0 Å². The molecule has 12 heavy (non-hydrogen) atoms. The van der Waals surface area contributed by atoms with E-state index in [1.165, 1.54) is 38.5 Å². The van der Waals surface area contributed by atoms with Crippen molar-refractivity contribution in [1.29, 1.82) is 0 Å². The van der Waals surface area contributed by atoms with E-state index >= 15 is 0 Å². The Morgan fingerprint density at radius 2 is 2.00 bits per heavy atom. The highest BCUT2D eigenvalue weighted by atomic mass is 79.9. The summed E-state index contributed by atoms with van der Waals surface area (Å²) in [4.78, 5) is 0. The molecule has 1 saturated carbocycles. The summed E-state index contributed by atoms with van der Waals surface area (Å²) in [6, 6.07) is 1.50. The van der Waals surface area contributed by atoms with Crippen molar-refractivity contribution in [3.63, 3.8) is 0 Å². The molecule has 1 aliphatic rings. The number of halogens is 1. The van der Waals surface area contributed by atoms with Crippen molar-refractivity contribution in [3.05, 3.63) is 0 Å². The first-order chi connectivity index (χ1) is 5.83. The Bertz CT molecular complexity index is 110. The molecule has 1 nitrogen and oxygen atoms in total. The summed E-state index contributed by atoms with van der Waals surface area (Å²) >= 11 is 3.47. The third-order valence-electron chi connectivity index (χ3n) is 2.67. The molecule has 1 unspecified atom stereocenters. The van der Waals surface area contributed by atoms with E-state index in [-0.39, 0.29) is 0 Å². The molecule has 0 aliphatic heterocycles. The minimum absolute atomic E-state index is 0.687. The fraction of sp³-hybridized carbons (Fsp3) is 1.00. The van der Waals surface area contributed by atoms with Crippen LogP contribution in [0.5, 0.6) is 0 Å².